The number of nitrogens with two attached hydrogens (primary N) is 1. The van der Waals surface area contributed by atoms with E-state index in [0.29, 0.717) is 57.5 Å². The fourth-order valence-electron chi connectivity index (χ4n) is 6.39. The maximum absolute atomic E-state index is 13.6. The van der Waals surface area contributed by atoms with Gasteiger partial charge >= 0.3 is 12.2 Å². The second-order valence-corrected chi connectivity index (χ2v) is 11.5. The van der Waals surface area contributed by atoms with E-state index in [-0.39, 0.29) is 53.7 Å². The molecule has 2 N–H and O–H groups in total. The van der Waals surface area contributed by atoms with Gasteiger partial charge in [-0.3, -0.25) is 14.3 Å². The summed E-state index contributed by atoms with van der Waals surface area (Å²) in [5, 5.41) is 4.63. The van der Waals surface area contributed by atoms with Crippen LogP contribution in [0.25, 0.3) is 0 Å². The average Bonchev–Trinajstić information content (AvgIpc) is 3.44. The van der Waals surface area contributed by atoms with E-state index in [1.807, 2.05) is 4.68 Å². The molecule has 6 rings (SSSR count). The van der Waals surface area contributed by atoms with Gasteiger partial charge in [-0.25, -0.2) is 4.79 Å². The lowest BCUT2D eigenvalue weighted by atomic mass is 9.93. The van der Waals surface area contributed by atoms with Crippen LogP contribution in [0.15, 0.2) is 30.5 Å². The molecule has 0 bridgehead atoms. The Hall–Kier alpha value is -3.57. The number of hydrogen-bond acceptors (Lipinski definition) is 4. The van der Waals surface area contributed by atoms with Crippen molar-refractivity contribution >= 4 is 17.8 Å². The number of nitrogens with zero attached hydrogens (tertiary/aromatic N) is 5. The number of aromatic nitrogens is 2. The summed E-state index contributed by atoms with van der Waals surface area (Å²) in [6.45, 7) is 2.49. The van der Waals surface area contributed by atoms with Crippen LogP contribution in [0.2, 0.25) is 0 Å². The fraction of sp³-hybridized carbons (Fsp3) is 0.571. The van der Waals surface area contributed by atoms with Gasteiger partial charge in [-0.1, -0.05) is 18.2 Å². The Balaban J connectivity index is 1.12. The van der Waals surface area contributed by atoms with E-state index < -0.39 is 11.7 Å². The Kier molecular flexibility index (Phi) is 6.74. The summed E-state index contributed by atoms with van der Waals surface area (Å²) in [4.78, 5) is 42.8. The molecule has 1 aromatic heterocycles. The first-order valence-electron chi connectivity index (χ1n) is 14.0. The molecule has 9 nitrogen and oxygen atoms in total. The highest BCUT2D eigenvalue weighted by Crippen LogP contribution is 2.44. The predicted octanol–water partition coefficient (Wildman–Crippen LogP) is 3.58. The quantitative estimate of drug-likeness (QED) is 0.606. The van der Waals surface area contributed by atoms with Crippen molar-refractivity contribution in [3.63, 3.8) is 0 Å². The number of amides is 4. The normalized spacial score (nSPS) is 22.5. The van der Waals surface area contributed by atoms with Crippen LogP contribution in [-0.2, 0) is 11.0 Å². The van der Waals surface area contributed by atoms with Crippen molar-refractivity contribution in [1.82, 2.24) is 24.5 Å². The largest absolute Gasteiger partial charge is 0.416 e. The van der Waals surface area contributed by atoms with Crippen molar-refractivity contribution < 1.29 is 27.6 Å². The molecule has 1 atom stereocenters. The first-order chi connectivity index (χ1) is 19.1. The third-order valence-electron chi connectivity index (χ3n) is 8.85. The van der Waals surface area contributed by atoms with E-state index in [0.717, 1.165) is 24.6 Å². The van der Waals surface area contributed by atoms with Crippen LogP contribution in [0.4, 0.5) is 18.0 Å². The molecule has 0 spiro atoms. The fourth-order valence-corrected chi connectivity index (χ4v) is 6.39. The second-order valence-electron chi connectivity index (χ2n) is 11.5. The summed E-state index contributed by atoms with van der Waals surface area (Å²) in [7, 11) is 0. The third kappa shape index (κ3) is 4.92. The highest BCUT2D eigenvalue weighted by atomic mass is 19.4. The molecule has 40 heavy (non-hydrogen) atoms. The molecule has 1 aromatic carbocycles. The van der Waals surface area contributed by atoms with E-state index in [1.54, 1.807) is 27.0 Å². The van der Waals surface area contributed by atoms with Crippen molar-refractivity contribution in [2.45, 2.75) is 56.2 Å². The van der Waals surface area contributed by atoms with Gasteiger partial charge in [-0.05, 0) is 43.7 Å². The second kappa shape index (κ2) is 10.1. The van der Waals surface area contributed by atoms with Crippen molar-refractivity contribution in [2.24, 2.45) is 11.7 Å². The van der Waals surface area contributed by atoms with Gasteiger partial charge in [0.1, 0.15) is 0 Å². The van der Waals surface area contributed by atoms with E-state index in [4.69, 9.17) is 5.73 Å². The van der Waals surface area contributed by atoms with Gasteiger partial charge in [0.15, 0.2) is 0 Å². The third-order valence-corrected chi connectivity index (χ3v) is 8.85. The molecule has 4 fully saturated rings. The molecule has 12 heteroatoms. The molecule has 4 amide bonds. The monoisotopic (exact) mass is 558 g/mol. The smallest absolute Gasteiger partial charge is 0.369 e. The molecule has 3 saturated heterocycles. The van der Waals surface area contributed by atoms with Crippen LogP contribution in [-0.4, -0.2) is 81.6 Å². The van der Waals surface area contributed by atoms with Gasteiger partial charge < -0.3 is 20.4 Å². The molecule has 2 aromatic rings. The molecular weight excluding hydrogens is 525 g/mol. The Bertz CT molecular complexity index is 1310. The summed E-state index contributed by atoms with van der Waals surface area (Å²) in [5.74, 6) is -0.942. The Morgan fingerprint density at radius 1 is 0.850 bits per heavy atom. The summed E-state index contributed by atoms with van der Waals surface area (Å²) in [5.41, 5.74) is 6.39. The molecule has 3 aliphatic heterocycles. The Morgan fingerprint density at radius 2 is 1.52 bits per heavy atom. The highest BCUT2D eigenvalue weighted by molar-refractivity contribution is 5.95. The van der Waals surface area contributed by atoms with Crippen molar-refractivity contribution in [2.75, 3.05) is 39.3 Å². The van der Waals surface area contributed by atoms with Crippen LogP contribution >= 0.6 is 0 Å². The number of urea groups is 1. The number of likely N-dealkylation sites (tertiary alicyclic amines) is 3. The number of piperidine rings is 1. The van der Waals surface area contributed by atoms with E-state index in [9.17, 15) is 27.6 Å². The summed E-state index contributed by atoms with van der Waals surface area (Å²) >= 11 is 0. The number of alkyl halides is 3. The minimum atomic E-state index is -4.43. The first-order valence-corrected chi connectivity index (χ1v) is 14.0. The molecular formula is C28H33F3N6O3. The van der Waals surface area contributed by atoms with Gasteiger partial charge in [0.25, 0.3) is 5.91 Å². The molecule has 4 heterocycles. The zero-order chi connectivity index (χ0) is 28.2. The lowest BCUT2D eigenvalue weighted by Crippen LogP contribution is -2.59. The molecule has 1 saturated carbocycles. The Morgan fingerprint density at radius 3 is 2.17 bits per heavy atom. The van der Waals surface area contributed by atoms with E-state index in [2.05, 4.69) is 5.10 Å². The minimum absolute atomic E-state index is 0.0564. The van der Waals surface area contributed by atoms with Crippen molar-refractivity contribution in [1.29, 1.82) is 0 Å². The summed E-state index contributed by atoms with van der Waals surface area (Å²) < 4.78 is 42.7. The lowest BCUT2D eigenvalue weighted by molar-refractivity contribution is -0.138. The van der Waals surface area contributed by atoms with Gasteiger partial charge in [-0.2, -0.15) is 18.3 Å². The van der Waals surface area contributed by atoms with Gasteiger partial charge in [0.05, 0.1) is 35.0 Å². The zero-order valence-corrected chi connectivity index (χ0v) is 22.1. The predicted molar refractivity (Wildman–Crippen MR) is 138 cm³/mol. The number of rotatable bonds is 5. The highest BCUT2D eigenvalue weighted by Gasteiger charge is 2.41. The summed E-state index contributed by atoms with van der Waals surface area (Å²) in [6.07, 6.45) is 1.02. The molecule has 0 unspecified atom stereocenters. The maximum atomic E-state index is 13.6. The maximum Gasteiger partial charge on any atom is 0.416 e. The SMILES string of the molecule is NC(=O)C1CN(C(=O)N2CCC(n3ncc(C(=O)N4CC[C@@H](c5ccccc5C(F)(F)F)C4)c3C3CC3)CC2)C1. The van der Waals surface area contributed by atoms with Crippen molar-refractivity contribution in [3.8, 4) is 0 Å². The molecule has 214 valence electrons. The Labute approximate surface area is 230 Å². The summed E-state index contributed by atoms with van der Waals surface area (Å²) in [6, 6.07) is 5.61. The minimum Gasteiger partial charge on any atom is -0.369 e. The number of benzene rings is 1. The number of primary amides is 1. The topological polar surface area (TPSA) is 105 Å². The van der Waals surface area contributed by atoms with Crippen LogP contribution in [0.3, 0.4) is 0 Å². The number of halogens is 3. The van der Waals surface area contributed by atoms with Gasteiger partial charge in [-0.15, -0.1) is 0 Å². The first kappa shape index (κ1) is 26.6. The van der Waals surface area contributed by atoms with Gasteiger partial charge in [0, 0.05) is 51.1 Å². The number of hydrogen-bond donors (Lipinski definition) is 1. The van der Waals surface area contributed by atoms with Crippen molar-refractivity contribution in [3.05, 3.63) is 52.8 Å². The molecule has 4 aliphatic rings. The van der Waals surface area contributed by atoms with Gasteiger partial charge in [0.2, 0.25) is 5.91 Å². The van der Waals surface area contributed by atoms with E-state index in [1.165, 1.54) is 12.1 Å². The van der Waals surface area contributed by atoms with Crippen LogP contribution < -0.4 is 5.73 Å². The average molecular weight is 559 g/mol. The van der Waals surface area contributed by atoms with Crippen LogP contribution in [0.5, 0.6) is 0 Å². The zero-order valence-electron chi connectivity index (χ0n) is 22.1. The molecule has 0 radical (unpaired) electrons. The molecule has 1 aliphatic carbocycles. The number of carbonyl (C=O) groups is 3. The standard InChI is InChI=1S/C28H33F3N6O3/c29-28(30,31)23-4-2-1-3-21(23)18-7-10-35(14-18)26(39)22-13-33-37(24(22)17-5-6-17)20-8-11-34(12-9-20)27(40)36-15-19(16-36)25(32)38/h1-4,13,17-20H,5-12,14-16H2,(H2,32,38)/t18-/m1/s1. The van der Waals surface area contributed by atoms with Crippen LogP contribution in [0, 0.1) is 5.92 Å². The van der Waals surface area contributed by atoms with E-state index >= 15 is 0 Å². The van der Waals surface area contributed by atoms with Crippen LogP contribution in [0.1, 0.15) is 77.2 Å². The number of carbonyl (C=O) groups excluding carboxylic acids is 3. The lowest BCUT2D eigenvalue weighted by Gasteiger charge is -2.42.